The SMILES string of the molecule is CC#CCOc1ccc(S(=O)C(CCCCNC(=O)c2cnc3ccccc3c2)C(=O)NO)cc1. The third-order valence-electron chi connectivity index (χ3n) is 5.24. The monoisotopic (exact) mass is 493 g/mol. The maximum Gasteiger partial charge on any atom is 0.259 e. The number of pyridine rings is 1. The first-order valence-corrected chi connectivity index (χ1v) is 12.3. The number of benzene rings is 2. The zero-order valence-corrected chi connectivity index (χ0v) is 20.1. The van der Waals surface area contributed by atoms with E-state index in [9.17, 15) is 13.8 Å². The van der Waals surface area contributed by atoms with Gasteiger partial charge in [0.2, 0.25) is 0 Å². The van der Waals surface area contributed by atoms with Crippen LogP contribution in [0.25, 0.3) is 10.9 Å². The van der Waals surface area contributed by atoms with Gasteiger partial charge in [0.05, 0.1) is 21.9 Å². The van der Waals surface area contributed by atoms with Crippen molar-refractivity contribution in [3.8, 4) is 17.6 Å². The number of unbranched alkanes of at least 4 members (excludes halogenated alkanes) is 1. The molecule has 3 N–H and O–H groups in total. The number of aromatic nitrogens is 1. The molecule has 0 bridgehead atoms. The lowest BCUT2D eigenvalue weighted by atomic mass is 10.1. The maximum absolute atomic E-state index is 13.0. The molecule has 0 radical (unpaired) electrons. The summed E-state index contributed by atoms with van der Waals surface area (Å²) in [5, 5.41) is 11.9. The Labute approximate surface area is 206 Å². The number of amides is 2. The summed E-state index contributed by atoms with van der Waals surface area (Å²) >= 11 is 0. The predicted molar refractivity (Wildman–Crippen MR) is 133 cm³/mol. The number of carbonyl (C=O) groups excluding carboxylic acids is 2. The van der Waals surface area contributed by atoms with E-state index in [2.05, 4.69) is 22.1 Å². The summed E-state index contributed by atoms with van der Waals surface area (Å²) in [5.41, 5.74) is 2.89. The number of hydrogen-bond donors (Lipinski definition) is 3. The zero-order valence-electron chi connectivity index (χ0n) is 19.3. The Balaban J connectivity index is 1.50. The Bertz CT molecular complexity index is 1250. The third-order valence-corrected chi connectivity index (χ3v) is 6.94. The van der Waals surface area contributed by atoms with Gasteiger partial charge in [-0.05, 0) is 62.6 Å². The van der Waals surface area contributed by atoms with Crippen molar-refractivity contribution in [3.05, 3.63) is 66.4 Å². The summed E-state index contributed by atoms with van der Waals surface area (Å²) in [5.74, 6) is 5.15. The smallest absolute Gasteiger partial charge is 0.259 e. The quantitative estimate of drug-likeness (QED) is 0.163. The largest absolute Gasteiger partial charge is 0.481 e. The molecule has 0 saturated heterocycles. The lowest BCUT2D eigenvalue weighted by molar-refractivity contribution is -0.128. The van der Waals surface area contributed by atoms with Gasteiger partial charge in [-0.15, -0.1) is 5.92 Å². The first kappa shape index (κ1) is 25.9. The molecule has 0 spiro atoms. The molecule has 1 heterocycles. The Kier molecular flexibility index (Phi) is 9.78. The first-order valence-electron chi connectivity index (χ1n) is 11.1. The molecule has 3 rings (SSSR count). The second-order valence-electron chi connectivity index (χ2n) is 7.62. The maximum atomic E-state index is 13.0. The number of hydrogen-bond acceptors (Lipinski definition) is 6. The minimum absolute atomic E-state index is 0.233. The molecule has 0 aliphatic heterocycles. The fraction of sp³-hybridized carbons (Fsp3) is 0.269. The van der Waals surface area contributed by atoms with Crippen molar-refractivity contribution in [3.63, 3.8) is 0 Å². The molecule has 182 valence electrons. The van der Waals surface area contributed by atoms with Crippen LogP contribution in [0.2, 0.25) is 0 Å². The number of fused-ring (bicyclic) bond motifs is 1. The van der Waals surface area contributed by atoms with E-state index < -0.39 is 22.0 Å². The van der Waals surface area contributed by atoms with Crippen LogP contribution in [-0.2, 0) is 15.6 Å². The molecular weight excluding hydrogens is 466 g/mol. The summed E-state index contributed by atoms with van der Waals surface area (Å²) in [7, 11) is -1.68. The van der Waals surface area contributed by atoms with E-state index in [0.29, 0.717) is 35.6 Å². The van der Waals surface area contributed by atoms with Crippen LogP contribution >= 0.6 is 0 Å². The van der Waals surface area contributed by atoms with Crippen LogP contribution < -0.4 is 15.5 Å². The highest BCUT2D eigenvalue weighted by Crippen LogP contribution is 2.20. The molecule has 8 nitrogen and oxygen atoms in total. The third kappa shape index (κ3) is 7.37. The minimum Gasteiger partial charge on any atom is -0.481 e. The van der Waals surface area contributed by atoms with Crippen molar-refractivity contribution in [2.45, 2.75) is 36.3 Å². The number of nitrogens with zero attached hydrogens (tertiary/aromatic N) is 1. The van der Waals surface area contributed by atoms with E-state index in [1.807, 2.05) is 24.3 Å². The van der Waals surface area contributed by atoms with E-state index in [4.69, 9.17) is 9.94 Å². The molecule has 0 aliphatic carbocycles. The fourth-order valence-electron chi connectivity index (χ4n) is 3.39. The highest BCUT2D eigenvalue weighted by atomic mass is 32.2. The number of rotatable bonds is 11. The van der Waals surface area contributed by atoms with Gasteiger partial charge in [0.1, 0.15) is 17.6 Å². The highest BCUT2D eigenvalue weighted by Gasteiger charge is 2.26. The molecule has 0 fully saturated rings. The van der Waals surface area contributed by atoms with Crippen LogP contribution in [0.15, 0.2) is 65.7 Å². The van der Waals surface area contributed by atoms with Gasteiger partial charge in [0.15, 0.2) is 0 Å². The second kappa shape index (κ2) is 13.2. The normalized spacial score (nSPS) is 12.2. The van der Waals surface area contributed by atoms with Gasteiger partial charge in [-0.2, -0.15) is 0 Å². The molecule has 2 unspecified atom stereocenters. The standard InChI is InChI=1S/C26H27N3O5S/c1-2-3-16-34-21-11-13-22(14-12-21)35(33)24(26(31)29-32)10-6-7-15-27-25(30)20-17-19-8-4-5-9-23(19)28-18-20/h4-5,8-9,11-14,17-18,24,32H,6-7,10,15-16H2,1H3,(H,27,30)(H,29,31). The lowest BCUT2D eigenvalue weighted by Gasteiger charge is -2.15. The lowest BCUT2D eigenvalue weighted by Crippen LogP contribution is -2.35. The van der Waals surface area contributed by atoms with Crippen molar-refractivity contribution in [1.82, 2.24) is 15.8 Å². The Morgan fingerprint density at radius 2 is 1.91 bits per heavy atom. The van der Waals surface area contributed by atoms with Crippen molar-refractivity contribution in [2.24, 2.45) is 0 Å². The van der Waals surface area contributed by atoms with Crippen molar-refractivity contribution in [1.29, 1.82) is 0 Å². The fourth-order valence-corrected chi connectivity index (χ4v) is 4.75. The van der Waals surface area contributed by atoms with E-state index in [0.717, 1.165) is 10.9 Å². The Morgan fingerprint density at radius 1 is 1.14 bits per heavy atom. The van der Waals surface area contributed by atoms with Gasteiger partial charge in [-0.25, -0.2) is 5.48 Å². The second-order valence-corrected chi connectivity index (χ2v) is 9.25. The van der Waals surface area contributed by atoms with E-state index >= 15 is 0 Å². The van der Waals surface area contributed by atoms with Crippen LogP contribution in [-0.4, -0.2) is 44.6 Å². The molecule has 3 aromatic rings. The Morgan fingerprint density at radius 3 is 2.66 bits per heavy atom. The first-order chi connectivity index (χ1) is 17.0. The summed E-state index contributed by atoms with van der Waals surface area (Å²) < 4.78 is 18.4. The van der Waals surface area contributed by atoms with Crippen LogP contribution in [0.5, 0.6) is 5.75 Å². The number of hydroxylamine groups is 1. The summed E-state index contributed by atoms with van der Waals surface area (Å²) in [6, 6.07) is 15.9. The van der Waals surface area contributed by atoms with Crippen molar-refractivity contribution in [2.75, 3.05) is 13.2 Å². The molecule has 0 aliphatic rings. The van der Waals surface area contributed by atoms with Gasteiger partial charge in [-0.1, -0.05) is 24.1 Å². The van der Waals surface area contributed by atoms with E-state index in [-0.39, 0.29) is 18.9 Å². The molecule has 35 heavy (non-hydrogen) atoms. The van der Waals surface area contributed by atoms with Gasteiger partial charge in [0.25, 0.3) is 11.8 Å². The molecular formula is C26H27N3O5S. The van der Waals surface area contributed by atoms with Crippen LogP contribution in [0, 0.1) is 11.8 Å². The van der Waals surface area contributed by atoms with Gasteiger partial charge in [-0.3, -0.25) is 24.0 Å². The molecule has 2 aromatic carbocycles. The molecule has 0 saturated carbocycles. The molecule has 2 atom stereocenters. The molecule has 2 amide bonds. The van der Waals surface area contributed by atoms with E-state index in [1.54, 1.807) is 42.7 Å². The van der Waals surface area contributed by atoms with Crippen LogP contribution in [0.3, 0.4) is 0 Å². The minimum atomic E-state index is -1.68. The molecule has 1 aromatic heterocycles. The van der Waals surface area contributed by atoms with Crippen LogP contribution in [0.4, 0.5) is 0 Å². The summed E-state index contributed by atoms with van der Waals surface area (Å²) in [4.78, 5) is 29.3. The summed E-state index contributed by atoms with van der Waals surface area (Å²) in [6.45, 7) is 2.36. The highest BCUT2D eigenvalue weighted by molar-refractivity contribution is 7.86. The van der Waals surface area contributed by atoms with Gasteiger partial charge in [0, 0.05) is 23.0 Å². The number of carbonyl (C=O) groups is 2. The molecule has 9 heteroatoms. The van der Waals surface area contributed by atoms with E-state index in [1.165, 1.54) is 6.20 Å². The van der Waals surface area contributed by atoms with Crippen molar-refractivity contribution < 1.29 is 23.7 Å². The van der Waals surface area contributed by atoms with Gasteiger partial charge < -0.3 is 10.1 Å². The summed E-state index contributed by atoms with van der Waals surface area (Å²) in [6.07, 6.45) is 2.91. The number of nitrogens with one attached hydrogen (secondary N) is 2. The average molecular weight is 494 g/mol. The number of ether oxygens (including phenoxy) is 1. The van der Waals surface area contributed by atoms with Crippen LogP contribution in [0.1, 0.15) is 36.5 Å². The number of para-hydroxylation sites is 1. The Hall–Kier alpha value is -3.74. The van der Waals surface area contributed by atoms with Crippen molar-refractivity contribution >= 4 is 33.5 Å². The average Bonchev–Trinajstić information content (AvgIpc) is 2.90. The zero-order chi connectivity index (χ0) is 25.0. The predicted octanol–water partition coefficient (Wildman–Crippen LogP) is 3.22. The topological polar surface area (TPSA) is 118 Å². The van der Waals surface area contributed by atoms with Gasteiger partial charge >= 0.3 is 0 Å².